The van der Waals surface area contributed by atoms with Crippen molar-refractivity contribution in [3.8, 4) is 0 Å². The molecule has 0 saturated carbocycles. The van der Waals surface area contributed by atoms with E-state index in [4.69, 9.17) is 9.88 Å². The monoisotopic (exact) mass is 262 g/mol. The van der Waals surface area contributed by atoms with Crippen LogP contribution in [0.4, 0.5) is 0 Å². The number of rotatable bonds is 4. The van der Waals surface area contributed by atoms with Crippen molar-refractivity contribution in [3.63, 3.8) is 0 Å². The van der Waals surface area contributed by atoms with E-state index in [0.717, 1.165) is 19.4 Å². The normalized spacial score (nSPS) is 30.2. The van der Waals surface area contributed by atoms with Gasteiger partial charge >= 0.3 is 0 Å². The Morgan fingerprint density at radius 1 is 1.47 bits per heavy atom. The van der Waals surface area contributed by atoms with E-state index in [9.17, 15) is 13.2 Å². The molecule has 0 spiro atoms. The predicted octanol–water partition coefficient (Wildman–Crippen LogP) is -0.698. The maximum absolute atomic E-state index is 11.7. The quantitative estimate of drug-likeness (QED) is 0.725. The second-order valence-electron chi connectivity index (χ2n) is 4.83. The first-order valence-corrected chi connectivity index (χ1v) is 7.55. The topological polar surface area (TPSA) is 89.7 Å². The van der Waals surface area contributed by atoms with E-state index in [1.54, 1.807) is 4.90 Å². The lowest BCUT2D eigenvalue weighted by atomic mass is 10.1. The molecule has 2 fully saturated rings. The average molecular weight is 262 g/mol. The fraction of sp³-hybridized carbons (Fsp3) is 0.900. The molecule has 6 nitrogen and oxygen atoms in total. The third kappa shape index (κ3) is 3.65. The number of carbonyl (C=O) groups excluding carboxylic acids is 1. The summed E-state index contributed by atoms with van der Waals surface area (Å²) in [4.78, 5) is 13.4. The fourth-order valence-corrected chi connectivity index (χ4v) is 3.39. The van der Waals surface area contributed by atoms with Gasteiger partial charge < -0.3 is 9.64 Å². The van der Waals surface area contributed by atoms with Crippen molar-refractivity contribution in [2.75, 3.05) is 25.4 Å². The van der Waals surface area contributed by atoms with Crippen LogP contribution in [0, 0.1) is 5.92 Å². The Morgan fingerprint density at radius 2 is 2.24 bits per heavy atom. The van der Waals surface area contributed by atoms with Crippen molar-refractivity contribution < 1.29 is 17.9 Å². The van der Waals surface area contributed by atoms with Crippen LogP contribution in [0.1, 0.15) is 19.3 Å². The highest BCUT2D eigenvalue weighted by Gasteiger charge is 2.33. The molecule has 0 bridgehead atoms. The van der Waals surface area contributed by atoms with Crippen LogP contribution in [0.2, 0.25) is 0 Å². The number of ether oxygens (including phenoxy) is 1. The first-order valence-electron chi connectivity index (χ1n) is 5.84. The highest BCUT2D eigenvalue weighted by molar-refractivity contribution is 7.89. The van der Waals surface area contributed by atoms with Crippen molar-refractivity contribution in [2.24, 2.45) is 11.1 Å². The van der Waals surface area contributed by atoms with Crippen molar-refractivity contribution in [1.29, 1.82) is 0 Å². The Labute approximate surface area is 101 Å². The van der Waals surface area contributed by atoms with Gasteiger partial charge in [0.25, 0.3) is 0 Å². The molecule has 2 atom stereocenters. The predicted molar refractivity (Wildman–Crippen MR) is 61.6 cm³/mol. The Kier molecular flexibility index (Phi) is 3.70. The van der Waals surface area contributed by atoms with Gasteiger partial charge in [0.1, 0.15) is 0 Å². The van der Waals surface area contributed by atoms with Crippen LogP contribution in [-0.2, 0) is 19.6 Å². The van der Waals surface area contributed by atoms with Gasteiger partial charge in [-0.05, 0) is 12.8 Å². The van der Waals surface area contributed by atoms with Crippen LogP contribution in [-0.4, -0.2) is 50.8 Å². The minimum absolute atomic E-state index is 0.00847. The Morgan fingerprint density at radius 3 is 2.82 bits per heavy atom. The Hall–Kier alpha value is -0.660. The number of hydrogen-bond acceptors (Lipinski definition) is 4. The summed E-state index contributed by atoms with van der Waals surface area (Å²) in [5.41, 5.74) is 0. The molecule has 2 heterocycles. The van der Waals surface area contributed by atoms with E-state index in [1.807, 2.05) is 0 Å². The molecule has 0 aromatic heterocycles. The first kappa shape index (κ1) is 12.8. The standard InChI is InChI=1S/C10H18N2O4S/c11-17(14,15)7-8-4-10(13)12(5-8)6-9-2-1-3-16-9/h8-9H,1-7H2,(H2,11,14,15). The first-order chi connectivity index (χ1) is 7.94. The molecule has 0 aromatic carbocycles. The fourth-order valence-electron chi connectivity index (χ4n) is 2.50. The van der Waals surface area contributed by atoms with Crippen LogP contribution in [0.3, 0.4) is 0 Å². The van der Waals surface area contributed by atoms with Crippen LogP contribution in [0.5, 0.6) is 0 Å². The molecule has 7 heteroatoms. The summed E-state index contributed by atoms with van der Waals surface area (Å²) in [5, 5.41) is 4.99. The van der Waals surface area contributed by atoms with Gasteiger partial charge in [-0.3, -0.25) is 4.79 Å². The number of carbonyl (C=O) groups is 1. The van der Waals surface area contributed by atoms with E-state index in [1.165, 1.54) is 0 Å². The molecule has 0 radical (unpaired) electrons. The highest BCUT2D eigenvalue weighted by Crippen LogP contribution is 2.21. The van der Waals surface area contributed by atoms with Crippen molar-refractivity contribution in [2.45, 2.75) is 25.4 Å². The van der Waals surface area contributed by atoms with Gasteiger partial charge in [-0.25, -0.2) is 13.6 Å². The molecule has 2 unspecified atom stereocenters. The Bertz CT molecular complexity index is 389. The van der Waals surface area contributed by atoms with E-state index >= 15 is 0 Å². The molecular formula is C10H18N2O4S. The number of nitrogens with two attached hydrogens (primary N) is 1. The molecule has 98 valence electrons. The number of hydrogen-bond donors (Lipinski definition) is 1. The largest absolute Gasteiger partial charge is 0.376 e. The van der Waals surface area contributed by atoms with Crippen LogP contribution in [0.25, 0.3) is 0 Å². The number of amides is 1. The van der Waals surface area contributed by atoms with E-state index in [2.05, 4.69) is 0 Å². The van der Waals surface area contributed by atoms with Gasteiger partial charge in [-0.1, -0.05) is 0 Å². The van der Waals surface area contributed by atoms with Crippen molar-refractivity contribution >= 4 is 15.9 Å². The lowest BCUT2D eigenvalue weighted by molar-refractivity contribution is -0.129. The van der Waals surface area contributed by atoms with Crippen molar-refractivity contribution in [1.82, 2.24) is 4.90 Å². The van der Waals surface area contributed by atoms with E-state index in [-0.39, 0.29) is 30.1 Å². The zero-order valence-corrected chi connectivity index (χ0v) is 10.5. The lowest BCUT2D eigenvalue weighted by Gasteiger charge is -2.20. The molecule has 0 aromatic rings. The van der Waals surface area contributed by atoms with E-state index < -0.39 is 10.0 Å². The van der Waals surface area contributed by atoms with Crippen LogP contribution in [0.15, 0.2) is 0 Å². The van der Waals surface area contributed by atoms with Gasteiger partial charge in [-0.15, -0.1) is 0 Å². The second-order valence-corrected chi connectivity index (χ2v) is 6.49. The summed E-state index contributed by atoms with van der Waals surface area (Å²) in [6, 6.07) is 0. The van der Waals surface area contributed by atoms with Crippen LogP contribution < -0.4 is 5.14 Å². The lowest BCUT2D eigenvalue weighted by Crippen LogP contribution is -2.34. The molecule has 2 rings (SSSR count). The summed E-state index contributed by atoms with van der Waals surface area (Å²) < 4.78 is 27.4. The summed E-state index contributed by atoms with van der Waals surface area (Å²) in [6.45, 7) is 1.82. The molecule has 2 aliphatic rings. The minimum Gasteiger partial charge on any atom is -0.376 e. The smallest absolute Gasteiger partial charge is 0.223 e. The molecule has 0 aliphatic carbocycles. The molecule has 1 amide bonds. The van der Waals surface area contributed by atoms with Gasteiger partial charge in [-0.2, -0.15) is 0 Å². The summed E-state index contributed by atoms with van der Waals surface area (Å²) in [6.07, 6.45) is 2.41. The van der Waals surface area contributed by atoms with Gasteiger partial charge in [0, 0.05) is 32.0 Å². The summed E-state index contributed by atoms with van der Waals surface area (Å²) in [7, 11) is -3.49. The number of likely N-dealkylation sites (tertiary alicyclic amines) is 1. The van der Waals surface area contributed by atoms with Gasteiger partial charge in [0.05, 0.1) is 11.9 Å². The maximum atomic E-state index is 11.7. The third-order valence-electron chi connectivity index (χ3n) is 3.21. The number of nitrogens with zero attached hydrogens (tertiary/aromatic N) is 1. The number of primary sulfonamides is 1. The zero-order chi connectivity index (χ0) is 12.5. The zero-order valence-electron chi connectivity index (χ0n) is 9.67. The third-order valence-corrected chi connectivity index (χ3v) is 4.15. The van der Waals surface area contributed by atoms with Crippen molar-refractivity contribution in [3.05, 3.63) is 0 Å². The highest BCUT2D eigenvalue weighted by atomic mass is 32.2. The molecule has 17 heavy (non-hydrogen) atoms. The van der Waals surface area contributed by atoms with Gasteiger partial charge in [0.15, 0.2) is 0 Å². The van der Waals surface area contributed by atoms with Crippen LogP contribution >= 0.6 is 0 Å². The van der Waals surface area contributed by atoms with Gasteiger partial charge in [0.2, 0.25) is 15.9 Å². The maximum Gasteiger partial charge on any atom is 0.223 e. The Balaban J connectivity index is 1.86. The molecular weight excluding hydrogens is 244 g/mol. The van der Waals surface area contributed by atoms with E-state index in [0.29, 0.717) is 13.1 Å². The summed E-state index contributed by atoms with van der Waals surface area (Å²) >= 11 is 0. The summed E-state index contributed by atoms with van der Waals surface area (Å²) in [5.74, 6) is -0.270. The molecule has 2 saturated heterocycles. The minimum atomic E-state index is -3.49. The number of sulfonamides is 1. The molecule has 2 aliphatic heterocycles. The second kappa shape index (κ2) is 4.91. The average Bonchev–Trinajstić information content (AvgIpc) is 2.75. The SMILES string of the molecule is NS(=O)(=O)CC1CC(=O)N(CC2CCCO2)C1. The molecule has 2 N–H and O–H groups in total.